The number of rotatable bonds is 3. The maximum absolute atomic E-state index is 12.1. The molecule has 86 valence electrons. The van der Waals surface area contributed by atoms with E-state index in [-0.39, 0.29) is 5.78 Å². The van der Waals surface area contributed by atoms with Crippen molar-refractivity contribution in [2.75, 3.05) is 0 Å². The van der Waals surface area contributed by atoms with Gasteiger partial charge in [-0.05, 0) is 25.5 Å². The standard InChI is InChI=1S/C16H16O/c1-12-6-8-14(9-7-12)11-16(17)15-5-3-4-13(2)10-15/h3-10H,11H2,1-2H3. The van der Waals surface area contributed by atoms with Crippen molar-refractivity contribution in [3.05, 3.63) is 70.8 Å². The van der Waals surface area contributed by atoms with Gasteiger partial charge in [-0.1, -0.05) is 53.6 Å². The molecule has 0 amide bonds. The van der Waals surface area contributed by atoms with E-state index in [2.05, 4.69) is 0 Å². The molecule has 0 saturated heterocycles. The topological polar surface area (TPSA) is 17.1 Å². The molecule has 2 aromatic rings. The van der Waals surface area contributed by atoms with Crippen LogP contribution in [0.3, 0.4) is 0 Å². The third kappa shape index (κ3) is 3.04. The highest BCUT2D eigenvalue weighted by molar-refractivity contribution is 5.97. The van der Waals surface area contributed by atoms with Gasteiger partial charge in [-0.25, -0.2) is 0 Å². The monoisotopic (exact) mass is 224 g/mol. The van der Waals surface area contributed by atoms with Gasteiger partial charge in [0.1, 0.15) is 0 Å². The molecule has 0 N–H and O–H groups in total. The molecule has 0 radical (unpaired) electrons. The van der Waals surface area contributed by atoms with Crippen molar-refractivity contribution >= 4 is 5.78 Å². The van der Waals surface area contributed by atoms with Crippen molar-refractivity contribution in [1.82, 2.24) is 0 Å². The predicted octanol–water partition coefficient (Wildman–Crippen LogP) is 3.73. The zero-order valence-electron chi connectivity index (χ0n) is 10.2. The van der Waals surface area contributed by atoms with E-state index in [4.69, 9.17) is 0 Å². The molecule has 17 heavy (non-hydrogen) atoms. The van der Waals surface area contributed by atoms with Gasteiger partial charge < -0.3 is 0 Å². The molecule has 0 atom stereocenters. The van der Waals surface area contributed by atoms with Crippen LogP contribution in [0.15, 0.2) is 48.5 Å². The van der Waals surface area contributed by atoms with Crippen LogP contribution in [0.4, 0.5) is 0 Å². The first-order chi connectivity index (χ1) is 8.15. The van der Waals surface area contributed by atoms with Crippen LogP contribution in [0.25, 0.3) is 0 Å². The van der Waals surface area contributed by atoms with Gasteiger partial charge in [0.05, 0.1) is 0 Å². The average molecular weight is 224 g/mol. The molecular formula is C16H16O. The normalized spacial score (nSPS) is 10.2. The summed E-state index contributed by atoms with van der Waals surface area (Å²) in [6.45, 7) is 4.05. The number of carbonyl (C=O) groups is 1. The Hall–Kier alpha value is -1.89. The third-order valence-electron chi connectivity index (χ3n) is 2.83. The van der Waals surface area contributed by atoms with Crippen LogP contribution >= 0.6 is 0 Å². The van der Waals surface area contributed by atoms with Gasteiger partial charge in [-0.15, -0.1) is 0 Å². The van der Waals surface area contributed by atoms with Gasteiger partial charge in [-0.3, -0.25) is 4.79 Å². The van der Waals surface area contributed by atoms with Crippen molar-refractivity contribution in [3.8, 4) is 0 Å². The van der Waals surface area contributed by atoms with Crippen molar-refractivity contribution in [2.45, 2.75) is 20.3 Å². The molecule has 0 aliphatic carbocycles. The molecule has 0 saturated carbocycles. The van der Waals surface area contributed by atoms with E-state index in [0.29, 0.717) is 6.42 Å². The second kappa shape index (κ2) is 4.96. The summed E-state index contributed by atoms with van der Waals surface area (Å²) in [6, 6.07) is 15.9. The summed E-state index contributed by atoms with van der Waals surface area (Å²) in [4.78, 5) is 12.1. The Morgan fingerprint density at radius 3 is 2.29 bits per heavy atom. The summed E-state index contributed by atoms with van der Waals surface area (Å²) < 4.78 is 0. The van der Waals surface area contributed by atoms with Crippen molar-refractivity contribution < 1.29 is 4.79 Å². The van der Waals surface area contributed by atoms with Crippen LogP contribution in [-0.4, -0.2) is 5.78 Å². The first-order valence-corrected chi connectivity index (χ1v) is 5.80. The van der Waals surface area contributed by atoms with Crippen molar-refractivity contribution in [2.24, 2.45) is 0 Å². The van der Waals surface area contributed by atoms with Crippen LogP contribution in [0.5, 0.6) is 0 Å². The molecule has 0 spiro atoms. The summed E-state index contributed by atoms with van der Waals surface area (Å²) in [5.74, 6) is 0.178. The highest BCUT2D eigenvalue weighted by atomic mass is 16.1. The molecule has 0 heterocycles. The van der Waals surface area contributed by atoms with E-state index in [1.54, 1.807) is 0 Å². The maximum atomic E-state index is 12.1. The summed E-state index contributed by atoms with van der Waals surface area (Å²) in [5, 5.41) is 0. The fourth-order valence-electron chi connectivity index (χ4n) is 1.81. The Balaban J connectivity index is 2.14. The lowest BCUT2D eigenvalue weighted by molar-refractivity contribution is 0.0993. The minimum atomic E-state index is 0.178. The van der Waals surface area contributed by atoms with Crippen molar-refractivity contribution in [3.63, 3.8) is 0 Å². The van der Waals surface area contributed by atoms with Crippen LogP contribution in [0.2, 0.25) is 0 Å². The summed E-state index contributed by atoms with van der Waals surface area (Å²) in [7, 11) is 0. The number of aryl methyl sites for hydroxylation is 2. The highest BCUT2D eigenvalue weighted by Gasteiger charge is 2.06. The van der Waals surface area contributed by atoms with Gasteiger partial charge in [0.2, 0.25) is 0 Å². The maximum Gasteiger partial charge on any atom is 0.167 e. The minimum Gasteiger partial charge on any atom is -0.294 e. The zero-order valence-corrected chi connectivity index (χ0v) is 10.2. The second-order valence-corrected chi connectivity index (χ2v) is 4.46. The number of carbonyl (C=O) groups excluding carboxylic acids is 1. The Labute approximate surface area is 102 Å². The lowest BCUT2D eigenvalue weighted by Gasteiger charge is -2.03. The minimum absolute atomic E-state index is 0.178. The van der Waals surface area contributed by atoms with Gasteiger partial charge in [0, 0.05) is 12.0 Å². The predicted molar refractivity (Wildman–Crippen MR) is 70.4 cm³/mol. The summed E-state index contributed by atoms with van der Waals surface area (Å²) >= 11 is 0. The largest absolute Gasteiger partial charge is 0.294 e. The first-order valence-electron chi connectivity index (χ1n) is 5.80. The number of benzene rings is 2. The van der Waals surface area contributed by atoms with Crippen LogP contribution in [0.1, 0.15) is 27.0 Å². The Morgan fingerprint density at radius 1 is 0.941 bits per heavy atom. The van der Waals surface area contributed by atoms with E-state index in [0.717, 1.165) is 16.7 Å². The number of hydrogen-bond acceptors (Lipinski definition) is 1. The van der Waals surface area contributed by atoms with Crippen LogP contribution < -0.4 is 0 Å². The molecule has 1 nitrogen and oxygen atoms in total. The number of ketones is 1. The van der Waals surface area contributed by atoms with Gasteiger partial charge >= 0.3 is 0 Å². The highest BCUT2D eigenvalue weighted by Crippen LogP contribution is 2.10. The number of hydrogen-bond donors (Lipinski definition) is 0. The molecule has 0 aliphatic heterocycles. The molecule has 2 aromatic carbocycles. The quantitative estimate of drug-likeness (QED) is 0.726. The van der Waals surface area contributed by atoms with Gasteiger partial charge in [-0.2, -0.15) is 0 Å². The van der Waals surface area contributed by atoms with E-state index >= 15 is 0 Å². The third-order valence-corrected chi connectivity index (χ3v) is 2.83. The molecule has 2 rings (SSSR count). The molecule has 0 unspecified atom stereocenters. The second-order valence-electron chi connectivity index (χ2n) is 4.46. The average Bonchev–Trinajstić information content (AvgIpc) is 2.32. The molecule has 0 aliphatic rings. The lowest BCUT2D eigenvalue weighted by atomic mass is 10.0. The van der Waals surface area contributed by atoms with E-state index < -0.39 is 0 Å². The fourth-order valence-corrected chi connectivity index (χ4v) is 1.81. The van der Waals surface area contributed by atoms with Gasteiger partial charge in [0.25, 0.3) is 0 Å². The number of Topliss-reactive ketones (excluding diaryl/α,β-unsaturated/α-hetero) is 1. The lowest BCUT2D eigenvalue weighted by Crippen LogP contribution is -2.03. The molecular weight excluding hydrogens is 208 g/mol. The van der Waals surface area contributed by atoms with Gasteiger partial charge in [0.15, 0.2) is 5.78 Å². The Bertz CT molecular complexity index is 523. The SMILES string of the molecule is Cc1ccc(CC(=O)c2cccc(C)c2)cc1. The molecule has 0 aromatic heterocycles. The summed E-state index contributed by atoms with van der Waals surface area (Å²) in [6.07, 6.45) is 0.476. The summed E-state index contributed by atoms with van der Waals surface area (Å²) in [5.41, 5.74) is 4.21. The van der Waals surface area contributed by atoms with E-state index in [1.165, 1.54) is 5.56 Å². The Kier molecular flexibility index (Phi) is 3.38. The van der Waals surface area contributed by atoms with Crippen LogP contribution in [0, 0.1) is 13.8 Å². The fraction of sp³-hybridized carbons (Fsp3) is 0.188. The van der Waals surface area contributed by atoms with E-state index in [1.807, 2.05) is 62.4 Å². The first kappa shape index (κ1) is 11.6. The van der Waals surface area contributed by atoms with Crippen molar-refractivity contribution in [1.29, 1.82) is 0 Å². The molecule has 0 bridgehead atoms. The zero-order chi connectivity index (χ0) is 12.3. The molecule has 1 heteroatoms. The van der Waals surface area contributed by atoms with E-state index in [9.17, 15) is 4.79 Å². The van der Waals surface area contributed by atoms with Crippen LogP contribution in [-0.2, 0) is 6.42 Å². The smallest absolute Gasteiger partial charge is 0.167 e. The molecule has 0 fully saturated rings. The Morgan fingerprint density at radius 2 is 1.65 bits per heavy atom.